The van der Waals surface area contributed by atoms with Gasteiger partial charge in [0.1, 0.15) is 5.82 Å². The minimum atomic E-state index is -0.698. The lowest BCUT2D eigenvalue weighted by molar-refractivity contribution is 0.136. The first-order chi connectivity index (χ1) is 8.90. The molecule has 0 saturated carbocycles. The van der Waals surface area contributed by atoms with Crippen molar-refractivity contribution in [3.05, 3.63) is 29.1 Å². The van der Waals surface area contributed by atoms with Crippen LogP contribution in [0.4, 0.5) is 10.1 Å². The van der Waals surface area contributed by atoms with Gasteiger partial charge in [-0.2, -0.15) is 0 Å². The molecule has 2 N–H and O–H groups in total. The van der Waals surface area contributed by atoms with E-state index in [4.69, 9.17) is 0 Å². The molecule has 4 heteroatoms. The van der Waals surface area contributed by atoms with Gasteiger partial charge < -0.3 is 15.1 Å². The van der Waals surface area contributed by atoms with Crippen LogP contribution in [0.2, 0.25) is 0 Å². The van der Waals surface area contributed by atoms with E-state index in [1.165, 1.54) is 6.07 Å². The van der Waals surface area contributed by atoms with Gasteiger partial charge >= 0.3 is 0 Å². The lowest BCUT2D eigenvalue weighted by Gasteiger charge is -2.24. The summed E-state index contributed by atoms with van der Waals surface area (Å²) in [5.41, 5.74) is 2.09. The quantitative estimate of drug-likeness (QED) is 0.884. The molecule has 0 bridgehead atoms. The van der Waals surface area contributed by atoms with Crippen LogP contribution in [0.3, 0.4) is 0 Å². The van der Waals surface area contributed by atoms with Crippen LogP contribution in [0.15, 0.2) is 12.1 Å². The molecule has 2 unspecified atom stereocenters. The highest BCUT2D eigenvalue weighted by molar-refractivity contribution is 5.57. The van der Waals surface area contributed by atoms with Crippen LogP contribution < -0.4 is 4.90 Å². The molecule has 3 nitrogen and oxygen atoms in total. The molecule has 0 aliphatic carbocycles. The van der Waals surface area contributed by atoms with E-state index >= 15 is 0 Å². The summed E-state index contributed by atoms with van der Waals surface area (Å²) in [6.45, 7) is 6.77. The van der Waals surface area contributed by atoms with Gasteiger partial charge in [-0.25, -0.2) is 4.39 Å². The second kappa shape index (κ2) is 5.47. The lowest BCUT2D eigenvalue weighted by Crippen LogP contribution is -2.25. The molecular formula is C15H22FNO2. The molecule has 1 fully saturated rings. The van der Waals surface area contributed by atoms with E-state index in [0.29, 0.717) is 11.1 Å². The third kappa shape index (κ3) is 2.90. The first-order valence-corrected chi connectivity index (χ1v) is 6.81. The normalized spacial score (nSPS) is 22.6. The maximum absolute atomic E-state index is 13.6. The average Bonchev–Trinajstić information content (AvgIpc) is 2.81. The van der Waals surface area contributed by atoms with Gasteiger partial charge in [-0.1, -0.05) is 0 Å². The molecule has 0 radical (unpaired) electrons. The highest BCUT2D eigenvalue weighted by Crippen LogP contribution is 2.33. The summed E-state index contributed by atoms with van der Waals surface area (Å²) in [5, 5.41) is 19.5. The number of hydrogen-bond acceptors (Lipinski definition) is 3. The molecule has 1 aliphatic heterocycles. The lowest BCUT2D eigenvalue weighted by atomic mass is 10.0. The van der Waals surface area contributed by atoms with Gasteiger partial charge in [0.15, 0.2) is 0 Å². The summed E-state index contributed by atoms with van der Waals surface area (Å²) in [6.07, 6.45) is -0.106. The summed E-state index contributed by atoms with van der Waals surface area (Å²) >= 11 is 0. The number of aliphatic hydroxyl groups is 2. The number of aryl methyl sites for hydroxylation is 1. The van der Waals surface area contributed by atoms with Crippen LogP contribution in [0.1, 0.15) is 37.5 Å². The third-order valence-electron chi connectivity index (χ3n) is 4.01. The van der Waals surface area contributed by atoms with Crippen molar-refractivity contribution in [1.29, 1.82) is 0 Å². The minimum absolute atomic E-state index is 0.243. The first kappa shape index (κ1) is 14.3. The zero-order valence-corrected chi connectivity index (χ0v) is 11.7. The fourth-order valence-corrected chi connectivity index (χ4v) is 2.69. The molecule has 0 spiro atoms. The number of nitrogens with zero attached hydrogens (tertiary/aromatic N) is 1. The van der Waals surface area contributed by atoms with Crippen LogP contribution in [-0.4, -0.2) is 29.4 Å². The molecule has 106 valence electrons. The van der Waals surface area contributed by atoms with Crippen LogP contribution in [-0.2, 0) is 0 Å². The zero-order valence-electron chi connectivity index (χ0n) is 11.7. The van der Waals surface area contributed by atoms with Crippen molar-refractivity contribution in [2.75, 3.05) is 18.0 Å². The Bertz CT molecular complexity index is 460. The van der Waals surface area contributed by atoms with E-state index < -0.39 is 6.10 Å². The van der Waals surface area contributed by atoms with Crippen LogP contribution in [0, 0.1) is 18.7 Å². The summed E-state index contributed by atoms with van der Waals surface area (Å²) in [5.74, 6) is -0.0434. The number of hydrogen-bond donors (Lipinski definition) is 2. The van der Waals surface area contributed by atoms with Crippen molar-refractivity contribution in [2.24, 2.45) is 5.92 Å². The number of benzene rings is 1. The molecule has 1 aromatic rings. The number of halogens is 1. The Morgan fingerprint density at radius 2 is 2.00 bits per heavy atom. The second-order valence-corrected chi connectivity index (χ2v) is 5.57. The number of aliphatic hydroxyl groups excluding tert-OH is 2. The predicted molar refractivity (Wildman–Crippen MR) is 73.8 cm³/mol. The molecule has 1 aromatic carbocycles. The maximum Gasteiger partial charge on any atom is 0.126 e. The largest absolute Gasteiger partial charge is 0.393 e. The second-order valence-electron chi connectivity index (χ2n) is 5.57. The van der Waals surface area contributed by atoms with E-state index in [1.54, 1.807) is 26.8 Å². The minimum Gasteiger partial charge on any atom is -0.393 e. The van der Waals surface area contributed by atoms with Crippen LogP contribution in [0.5, 0.6) is 0 Å². The number of anilines is 1. The molecule has 3 atom stereocenters. The molecule has 2 rings (SSSR count). The Balaban J connectivity index is 2.32. The monoisotopic (exact) mass is 267 g/mol. The molecule has 1 heterocycles. The first-order valence-electron chi connectivity index (χ1n) is 6.81. The fourth-order valence-electron chi connectivity index (χ4n) is 2.69. The highest BCUT2D eigenvalue weighted by atomic mass is 19.1. The Hall–Kier alpha value is -1.13. The van der Waals surface area contributed by atoms with E-state index in [9.17, 15) is 14.6 Å². The Labute approximate surface area is 113 Å². The van der Waals surface area contributed by atoms with Gasteiger partial charge in [-0.05, 0) is 44.9 Å². The van der Waals surface area contributed by atoms with Gasteiger partial charge in [-0.3, -0.25) is 0 Å². The van der Waals surface area contributed by atoms with Gasteiger partial charge in [0.2, 0.25) is 0 Å². The maximum atomic E-state index is 13.6. The van der Waals surface area contributed by atoms with Crippen molar-refractivity contribution < 1.29 is 14.6 Å². The van der Waals surface area contributed by atoms with Crippen LogP contribution in [0.25, 0.3) is 0 Å². The van der Waals surface area contributed by atoms with Crippen molar-refractivity contribution in [1.82, 2.24) is 0 Å². The van der Waals surface area contributed by atoms with Crippen molar-refractivity contribution in [3.63, 3.8) is 0 Å². The molecular weight excluding hydrogens is 245 g/mol. The van der Waals surface area contributed by atoms with E-state index in [1.807, 2.05) is 0 Å². The Morgan fingerprint density at radius 3 is 2.53 bits per heavy atom. The van der Waals surface area contributed by atoms with Gasteiger partial charge in [-0.15, -0.1) is 0 Å². The zero-order chi connectivity index (χ0) is 14.2. The molecule has 1 aliphatic rings. The smallest absolute Gasteiger partial charge is 0.126 e. The predicted octanol–water partition coefficient (Wildman–Crippen LogP) is 2.39. The topological polar surface area (TPSA) is 43.7 Å². The Kier molecular flexibility index (Phi) is 4.11. The third-order valence-corrected chi connectivity index (χ3v) is 4.01. The number of rotatable bonds is 3. The van der Waals surface area contributed by atoms with Crippen molar-refractivity contribution in [2.45, 2.75) is 39.4 Å². The summed E-state index contributed by atoms with van der Waals surface area (Å²) in [6, 6.07) is 3.22. The molecule has 0 aromatic heterocycles. The molecule has 19 heavy (non-hydrogen) atoms. The SMILES string of the molecule is Cc1cc(N2CCC(C(C)O)C2)c([C@H](C)O)cc1F. The summed E-state index contributed by atoms with van der Waals surface area (Å²) < 4.78 is 13.6. The molecule has 1 saturated heterocycles. The summed E-state index contributed by atoms with van der Waals surface area (Å²) in [4.78, 5) is 2.13. The van der Waals surface area contributed by atoms with Gasteiger partial charge in [0.05, 0.1) is 12.2 Å². The summed E-state index contributed by atoms with van der Waals surface area (Å²) in [7, 11) is 0. The molecule has 0 amide bonds. The van der Waals surface area contributed by atoms with Gasteiger partial charge in [0, 0.05) is 30.3 Å². The van der Waals surface area contributed by atoms with Gasteiger partial charge in [0.25, 0.3) is 0 Å². The van der Waals surface area contributed by atoms with Crippen LogP contribution >= 0.6 is 0 Å². The standard InChI is InChI=1S/C15H22FNO2/c1-9-6-15(13(11(3)19)7-14(9)16)17-5-4-12(8-17)10(2)18/h6-7,10-12,18-19H,4-5,8H2,1-3H3/t10?,11-,12?/m0/s1. The van der Waals surface area contributed by atoms with E-state index in [2.05, 4.69) is 4.90 Å². The van der Waals surface area contributed by atoms with Crippen molar-refractivity contribution >= 4 is 5.69 Å². The van der Waals surface area contributed by atoms with Crippen molar-refractivity contribution in [3.8, 4) is 0 Å². The van der Waals surface area contributed by atoms with E-state index in [-0.39, 0.29) is 17.8 Å². The van der Waals surface area contributed by atoms with E-state index in [0.717, 1.165) is 25.2 Å². The highest BCUT2D eigenvalue weighted by Gasteiger charge is 2.28. The Morgan fingerprint density at radius 1 is 1.32 bits per heavy atom. The fraction of sp³-hybridized carbons (Fsp3) is 0.600. The average molecular weight is 267 g/mol.